The van der Waals surface area contributed by atoms with Crippen LogP contribution in [0.2, 0.25) is 0 Å². The van der Waals surface area contributed by atoms with Crippen LogP contribution in [0.5, 0.6) is 0 Å². The van der Waals surface area contributed by atoms with Crippen molar-refractivity contribution in [3.63, 3.8) is 0 Å². The van der Waals surface area contributed by atoms with Crippen LogP contribution in [0.25, 0.3) is 0 Å². The van der Waals surface area contributed by atoms with Gasteiger partial charge < -0.3 is 5.32 Å². The molecule has 0 radical (unpaired) electrons. The highest BCUT2D eigenvalue weighted by molar-refractivity contribution is 4.84. The van der Waals surface area contributed by atoms with Crippen LogP contribution in [0.15, 0.2) is 0 Å². The second-order valence-corrected chi connectivity index (χ2v) is 6.76. The first-order valence-corrected chi connectivity index (χ1v) is 8.78. The maximum absolute atomic E-state index is 3.80. The first-order chi connectivity index (χ1) is 9.31. The van der Waals surface area contributed by atoms with Gasteiger partial charge in [-0.15, -0.1) is 0 Å². The molecule has 0 aromatic carbocycles. The molecule has 1 saturated carbocycles. The van der Waals surface area contributed by atoms with Crippen molar-refractivity contribution < 1.29 is 0 Å². The summed E-state index contributed by atoms with van der Waals surface area (Å²) in [5.41, 5.74) is 0. The fourth-order valence-corrected chi connectivity index (χ4v) is 4.04. The summed E-state index contributed by atoms with van der Waals surface area (Å²) in [6.45, 7) is 8.45. The Morgan fingerprint density at radius 1 is 1.00 bits per heavy atom. The SMILES string of the molecule is CCNC(CN1CCCCCC1C)C1CCCCC1. The van der Waals surface area contributed by atoms with E-state index >= 15 is 0 Å². The quantitative estimate of drug-likeness (QED) is 0.814. The summed E-state index contributed by atoms with van der Waals surface area (Å²) in [5.74, 6) is 0.934. The van der Waals surface area contributed by atoms with Gasteiger partial charge in [-0.25, -0.2) is 0 Å². The van der Waals surface area contributed by atoms with Crippen LogP contribution in [0, 0.1) is 5.92 Å². The number of rotatable bonds is 5. The van der Waals surface area contributed by atoms with Crippen LogP contribution in [0.4, 0.5) is 0 Å². The second-order valence-electron chi connectivity index (χ2n) is 6.76. The van der Waals surface area contributed by atoms with E-state index in [1.165, 1.54) is 70.9 Å². The summed E-state index contributed by atoms with van der Waals surface area (Å²) in [6, 6.07) is 1.54. The van der Waals surface area contributed by atoms with Gasteiger partial charge in [-0.2, -0.15) is 0 Å². The lowest BCUT2D eigenvalue weighted by Crippen LogP contribution is -2.48. The summed E-state index contributed by atoms with van der Waals surface area (Å²) in [6.07, 6.45) is 13.0. The Hall–Kier alpha value is -0.0800. The average molecular weight is 266 g/mol. The van der Waals surface area contributed by atoms with E-state index in [4.69, 9.17) is 0 Å². The number of nitrogens with zero attached hydrogens (tertiary/aromatic N) is 1. The minimum absolute atomic E-state index is 0.742. The fraction of sp³-hybridized carbons (Fsp3) is 1.00. The van der Waals surface area contributed by atoms with Gasteiger partial charge in [0.05, 0.1) is 0 Å². The van der Waals surface area contributed by atoms with Gasteiger partial charge in [0.15, 0.2) is 0 Å². The van der Waals surface area contributed by atoms with Crippen molar-refractivity contribution in [1.82, 2.24) is 10.2 Å². The topological polar surface area (TPSA) is 15.3 Å². The zero-order chi connectivity index (χ0) is 13.5. The van der Waals surface area contributed by atoms with Crippen molar-refractivity contribution in [2.75, 3.05) is 19.6 Å². The van der Waals surface area contributed by atoms with E-state index in [2.05, 4.69) is 24.1 Å². The molecule has 0 aromatic heterocycles. The Morgan fingerprint density at radius 3 is 2.42 bits per heavy atom. The number of hydrogen-bond donors (Lipinski definition) is 1. The minimum atomic E-state index is 0.742. The Kier molecular flexibility index (Phi) is 6.66. The van der Waals surface area contributed by atoms with Crippen molar-refractivity contribution in [2.45, 2.75) is 83.7 Å². The molecule has 19 heavy (non-hydrogen) atoms. The zero-order valence-corrected chi connectivity index (χ0v) is 13.2. The normalized spacial score (nSPS) is 29.1. The Balaban J connectivity index is 1.90. The summed E-state index contributed by atoms with van der Waals surface area (Å²) < 4.78 is 0. The van der Waals surface area contributed by atoms with Gasteiger partial charge in [-0.3, -0.25) is 4.90 Å². The van der Waals surface area contributed by atoms with Crippen molar-refractivity contribution >= 4 is 0 Å². The molecule has 2 rings (SSSR count). The van der Waals surface area contributed by atoms with E-state index in [0.29, 0.717) is 0 Å². The van der Waals surface area contributed by atoms with Crippen molar-refractivity contribution in [3.05, 3.63) is 0 Å². The largest absolute Gasteiger partial charge is 0.313 e. The van der Waals surface area contributed by atoms with Gasteiger partial charge in [-0.05, 0) is 51.6 Å². The standard InChI is InChI=1S/C17H34N2/c1-3-18-17(16-11-7-4-8-12-16)14-19-13-9-5-6-10-15(19)2/h15-18H,3-14H2,1-2H3. The third-order valence-electron chi connectivity index (χ3n) is 5.31. The predicted octanol–water partition coefficient (Wildman–Crippen LogP) is 3.81. The molecule has 112 valence electrons. The maximum atomic E-state index is 3.80. The van der Waals surface area contributed by atoms with E-state index in [9.17, 15) is 0 Å². The molecule has 1 heterocycles. The molecule has 0 amide bonds. The highest BCUT2D eigenvalue weighted by Gasteiger charge is 2.27. The fourth-order valence-electron chi connectivity index (χ4n) is 4.04. The van der Waals surface area contributed by atoms with Gasteiger partial charge in [0.25, 0.3) is 0 Å². The van der Waals surface area contributed by atoms with Crippen LogP contribution in [-0.4, -0.2) is 36.6 Å². The molecule has 2 unspecified atom stereocenters. The van der Waals surface area contributed by atoms with E-state index in [-0.39, 0.29) is 0 Å². The molecule has 1 aliphatic carbocycles. The molecule has 1 saturated heterocycles. The molecule has 2 nitrogen and oxygen atoms in total. The van der Waals surface area contributed by atoms with Crippen molar-refractivity contribution in [1.29, 1.82) is 0 Å². The Labute approximate surface area is 120 Å². The molecule has 2 heteroatoms. The van der Waals surface area contributed by atoms with Gasteiger partial charge >= 0.3 is 0 Å². The lowest BCUT2D eigenvalue weighted by Gasteiger charge is -2.37. The van der Waals surface area contributed by atoms with E-state index in [1.807, 2.05) is 0 Å². The molecular weight excluding hydrogens is 232 g/mol. The molecule has 0 bridgehead atoms. The van der Waals surface area contributed by atoms with E-state index < -0.39 is 0 Å². The molecule has 2 fully saturated rings. The Bertz CT molecular complexity index is 235. The van der Waals surface area contributed by atoms with E-state index in [1.54, 1.807) is 0 Å². The van der Waals surface area contributed by atoms with Gasteiger partial charge in [-0.1, -0.05) is 39.0 Å². The molecular formula is C17H34N2. The van der Waals surface area contributed by atoms with Crippen LogP contribution >= 0.6 is 0 Å². The monoisotopic (exact) mass is 266 g/mol. The first kappa shape index (κ1) is 15.3. The molecule has 2 aliphatic rings. The predicted molar refractivity (Wildman–Crippen MR) is 83.5 cm³/mol. The number of nitrogens with one attached hydrogen (secondary N) is 1. The third kappa shape index (κ3) is 4.75. The second kappa shape index (κ2) is 8.26. The van der Waals surface area contributed by atoms with Crippen molar-refractivity contribution in [3.8, 4) is 0 Å². The lowest BCUT2D eigenvalue weighted by atomic mass is 9.83. The highest BCUT2D eigenvalue weighted by atomic mass is 15.2. The third-order valence-corrected chi connectivity index (χ3v) is 5.31. The van der Waals surface area contributed by atoms with Crippen molar-refractivity contribution in [2.24, 2.45) is 5.92 Å². The molecule has 2 atom stereocenters. The number of likely N-dealkylation sites (tertiary alicyclic amines) is 1. The molecule has 1 aliphatic heterocycles. The molecule has 1 N–H and O–H groups in total. The van der Waals surface area contributed by atoms with Crippen LogP contribution in [-0.2, 0) is 0 Å². The molecule has 0 spiro atoms. The van der Waals surface area contributed by atoms with Gasteiger partial charge in [0, 0.05) is 18.6 Å². The van der Waals surface area contributed by atoms with Crippen LogP contribution in [0.1, 0.15) is 71.6 Å². The highest BCUT2D eigenvalue weighted by Crippen LogP contribution is 2.28. The average Bonchev–Trinajstić information content (AvgIpc) is 2.64. The summed E-state index contributed by atoms with van der Waals surface area (Å²) >= 11 is 0. The van der Waals surface area contributed by atoms with Gasteiger partial charge in [0.1, 0.15) is 0 Å². The Morgan fingerprint density at radius 2 is 1.68 bits per heavy atom. The zero-order valence-electron chi connectivity index (χ0n) is 13.2. The summed E-state index contributed by atoms with van der Waals surface area (Å²) in [4.78, 5) is 2.77. The number of likely N-dealkylation sites (N-methyl/N-ethyl adjacent to an activating group) is 1. The summed E-state index contributed by atoms with van der Waals surface area (Å²) in [7, 11) is 0. The lowest BCUT2D eigenvalue weighted by molar-refractivity contribution is 0.152. The summed E-state index contributed by atoms with van der Waals surface area (Å²) in [5, 5.41) is 3.80. The van der Waals surface area contributed by atoms with Gasteiger partial charge in [0.2, 0.25) is 0 Å². The molecule has 0 aromatic rings. The maximum Gasteiger partial charge on any atom is 0.0223 e. The first-order valence-electron chi connectivity index (χ1n) is 8.78. The van der Waals surface area contributed by atoms with Crippen LogP contribution in [0.3, 0.4) is 0 Å². The van der Waals surface area contributed by atoms with Crippen LogP contribution < -0.4 is 5.32 Å². The minimum Gasteiger partial charge on any atom is -0.313 e. The number of hydrogen-bond acceptors (Lipinski definition) is 2. The smallest absolute Gasteiger partial charge is 0.0223 e. The van der Waals surface area contributed by atoms with E-state index in [0.717, 1.165) is 24.5 Å².